The van der Waals surface area contributed by atoms with E-state index in [2.05, 4.69) is 5.32 Å². The van der Waals surface area contributed by atoms with E-state index in [0.29, 0.717) is 17.2 Å². The third-order valence-electron chi connectivity index (χ3n) is 2.60. The van der Waals surface area contributed by atoms with Gasteiger partial charge in [-0.05, 0) is 18.2 Å². The molecule has 0 radical (unpaired) electrons. The number of thioether (sulfide) groups is 1. The molecule has 1 aliphatic rings. The highest BCUT2D eigenvalue weighted by Gasteiger charge is 2.34. The average molecular weight is 302 g/mol. The van der Waals surface area contributed by atoms with Crippen molar-refractivity contribution in [2.45, 2.75) is 17.2 Å². The largest absolute Gasteiger partial charge is 0.443 e. The van der Waals surface area contributed by atoms with E-state index >= 15 is 0 Å². The van der Waals surface area contributed by atoms with Gasteiger partial charge in [-0.1, -0.05) is 0 Å². The Kier molecular flexibility index (Phi) is 4.09. The van der Waals surface area contributed by atoms with Crippen molar-refractivity contribution >= 4 is 17.9 Å². The van der Waals surface area contributed by atoms with Crippen molar-refractivity contribution in [3.05, 3.63) is 29.3 Å². The molecule has 1 aliphatic heterocycles. The number of ether oxygens (including phenoxy) is 1. The Balaban J connectivity index is 2.09. The number of nitriles is 1. The second-order valence-corrected chi connectivity index (χ2v) is 5.13. The van der Waals surface area contributed by atoms with Crippen molar-refractivity contribution in [1.82, 2.24) is 5.32 Å². The van der Waals surface area contributed by atoms with Crippen LogP contribution in [0, 0.1) is 11.3 Å². The highest BCUT2D eigenvalue weighted by atomic mass is 32.2. The van der Waals surface area contributed by atoms with Crippen LogP contribution in [0.15, 0.2) is 23.1 Å². The first kappa shape index (κ1) is 14.5. The summed E-state index contributed by atoms with van der Waals surface area (Å²) in [5.74, 6) is 0.349. The first-order chi connectivity index (χ1) is 9.40. The van der Waals surface area contributed by atoms with Crippen molar-refractivity contribution in [3.63, 3.8) is 0 Å². The SMILES string of the molecule is N#Cc1ccc(SCC2CNC(=O)O2)cc1C(F)(F)F. The molecule has 4 nitrogen and oxygen atoms in total. The fraction of sp³-hybridized carbons (Fsp3) is 0.333. The number of amides is 1. The third kappa shape index (κ3) is 3.36. The summed E-state index contributed by atoms with van der Waals surface area (Å²) in [5.41, 5.74) is -1.36. The van der Waals surface area contributed by atoms with Crippen LogP contribution in [-0.4, -0.2) is 24.5 Å². The Morgan fingerprint density at radius 3 is 2.80 bits per heavy atom. The normalized spacial score (nSPS) is 18.3. The van der Waals surface area contributed by atoms with Crippen molar-refractivity contribution < 1.29 is 22.7 Å². The zero-order valence-corrected chi connectivity index (χ0v) is 10.8. The lowest BCUT2D eigenvalue weighted by atomic mass is 10.1. The lowest BCUT2D eigenvalue weighted by Gasteiger charge is -2.11. The molecule has 1 N–H and O–H groups in total. The lowest BCUT2D eigenvalue weighted by molar-refractivity contribution is -0.137. The van der Waals surface area contributed by atoms with Crippen LogP contribution in [0.25, 0.3) is 0 Å². The Hall–Kier alpha value is -1.88. The van der Waals surface area contributed by atoms with E-state index in [4.69, 9.17) is 10.00 Å². The molecule has 0 spiro atoms. The lowest BCUT2D eigenvalue weighted by Crippen LogP contribution is -2.16. The van der Waals surface area contributed by atoms with Crippen molar-refractivity contribution in [1.29, 1.82) is 5.26 Å². The van der Waals surface area contributed by atoms with Gasteiger partial charge in [0.25, 0.3) is 0 Å². The first-order valence-electron chi connectivity index (χ1n) is 5.59. The molecule has 2 rings (SSSR count). The fourth-order valence-electron chi connectivity index (χ4n) is 1.66. The molecule has 1 unspecified atom stereocenters. The van der Waals surface area contributed by atoms with Gasteiger partial charge in [-0.25, -0.2) is 4.79 Å². The Bertz CT molecular complexity index is 569. The summed E-state index contributed by atoms with van der Waals surface area (Å²) in [6, 6.07) is 5.05. The predicted molar refractivity (Wildman–Crippen MR) is 65.2 cm³/mol. The highest BCUT2D eigenvalue weighted by molar-refractivity contribution is 7.99. The van der Waals surface area contributed by atoms with Crippen molar-refractivity contribution in [3.8, 4) is 6.07 Å². The minimum absolute atomic E-state index is 0.342. The summed E-state index contributed by atoms with van der Waals surface area (Å²) in [6.45, 7) is 0.342. The van der Waals surface area contributed by atoms with Gasteiger partial charge in [0, 0.05) is 10.6 Å². The molecule has 20 heavy (non-hydrogen) atoms. The number of benzene rings is 1. The van der Waals surface area contributed by atoms with Crippen molar-refractivity contribution in [2.24, 2.45) is 0 Å². The number of hydrogen-bond acceptors (Lipinski definition) is 4. The Morgan fingerprint density at radius 2 is 2.25 bits per heavy atom. The van der Waals surface area contributed by atoms with E-state index in [0.717, 1.165) is 23.9 Å². The number of nitrogens with one attached hydrogen (secondary N) is 1. The maximum atomic E-state index is 12.8. The number of alkyl halides is 3. The summed E-state index contributed by atoms with van der Waals surface area (Å²) in [4.78, 5) is 11.2. The minimum atomic E-state index is -4.57. The van der Waals surface area contributed by atoms with Crippen LogP contribution in [0.2, 0.25) is 0 Å². The zero-order valence-electron chi connectivity index (χ0n) is 10.0. The number of carbonyl (C=O) groups is 1. The topological polar surface area (TPSA) is 62.1 Å². The Morgan fingerprint density at radius 1 is 1.50 bits per heavy atom. The van der Waals surface area contributed by atoms with E-state index in [-0.39, 0.29) is 6.10 Å². The molecule has 1 aromatic rings. The fourth-order valence-corrected chi connectivity index (χ4v) is 2.59. The molecule has 106 valence electrons. The molecule has 1 saturated heterocycles. The van der Waals surface area contributed by atoms with E-state index in [1.165, 1.54) is 12.1 Å². The molecule has 1 atom stereocenters. The van der Waals surface area contributed by atoms with Gasteiger partial charge in [-0.15, -0.1) is 11.8 Å². The molecule has 0 aromatic heterocycles. The van der Waals surface area contributed by atoms with Crippen LogP contribution in [-0.2, 0) is 10.9 Å². The van der Waals surface area contributed by atoms with Gasteiger partial charge >= 0.3 is 12.3 Å². The van der Waals surface area contributed by atoms with Gasteiger partial charge in [-0.2, -0.15) is 18.4 Å². The number of halogens is 3. The van der Waals surface area contributed by atoms with Crippen molar-refractivity contribution in [2.75, 3.05) is 12.3 Å². The summed E-state index contributed by atoms with van der Waals surface area (Å²) in [6.07, 6.45) is -5.45. The molecule has 0 saturated carbocycles. The van der Waals surface area contributed by atoms with Gasteiger partial charge in [0.05, 0.1) is 23.7 Å². The van der Waals surface area contributed by atoms with Crippen LogP contribution >= 0.6 is 11.8 Å². The first-order valence-corrected chi connectivity index (χ1v) is 6.57. The summed E-state index contributed by atoms with van der Waals surface area (Å²) in [7, 11) is 0. The van der Waals surface area contributed by atoms with E-state index in [9.17, 15) is 18.0 Å². The van der Waals surface area contributed by atoms with E-state index in [1.54, 1.807) is 0 Å². The average Bonchev–Trinajstić information content (AvgIpc) is 2.81. The quantitative estimate of drug-likeness (QED) is 0.872. The summed E-state index contributed by atoms with van der Waals surface area (Å²) in [5, 5.41) is 11.1. The number of carbonyl (C=O) groups excluding carboxylic acids is 1. The second kappa shape index (κ2) is 5.63. The summed E-state index contributed by atoms with van der Waals surface area (Å²) < 4.78 is 43.2. The molecule has 1 fully saturated rings. The van der Waals surface area contributed by atoms with Gasteiger partial charge in [0.15, 0.2) is 0 Å². The maximum absolute atomic E-state index is 12.8. The van der Waals surface area contributed by atoms with Gasteiger partial charge in [0.1, 0.15) is 6.10 Å². The van der Waals surface area contributed by atoms with Crippen LogP contribution in [0.4, 0.5) is 18.0 Å². The van der Waals surface area contributed by atoms with Gasteiger partial charge in [-0.3, -0.25) is 0 Å². The molecule has 0 aliphatic carbocycles. The van der Waals surface area contributed by atoms with Crippen LogP contribution in [0.3, 0.4) is 0 Å². The zero-order chi connectivity index (χ0) is 14.8. The van der Waals surface area contributed by atoms with E-state index < -0.39 is 23.4 Å². The number of rotatable bonds is 3. The number of alkyl carbamates (subject to hydrolysis) is 1. The predicted octanol–water partition coefficient (Wildman–Crippen LogP) is 2.78. The second-order valence-electron chi connectivity index (χ2n) is 4.04. The Labute approximate surface area is 116 Å². The smallest absolute Gasteiger partial charge is 0.417 e. The van der Waals surface area contributed by atoms with Crippen LogP contribution in [0.5, 0.6) is 0 Å². The standard InChI is InChI=1S/C12H9F3N2O2S/c13-12(14,15)10-3-9(2-1-7(10)4-16)20-6-8-5-17-11(18)19-8/h1-3,8H,5-6H2,(H,17,18). The summed E-state index contributed by atoms with van der Waals surface area (Å²) >= 11 is 1.14. The molecule has 1 amide bonds. The van der Waals surface area contributed by atoms with E-state index in [1.807, 2.05) is 0 Å². The van der Waals surface area contributed by atoms with Crippen LogP contribution < -0.4 is 5.32 Å². The van der Waals surface area contributed by atoms with Crippen LogP contribution in [0.1, 0.15) is 11.1 Å². The van der Waals surface area contributed by atoms with Gasteiger partial charge in [0.2, 0.25) is 0 Å². The maximum Gasteiger partial charge on any atom is 0.417 e. The molecule has 1 aromatic carbocycles. The monoisotopic (exact) mass is 302 g/mol. The minimum Gasteiger partial charge on any atom is -0.443 e. The molecule has 1 heterocycles. The molecular formula is C12H9F3N2O2S. The number of nitrogens with zero attached hydrogens (tertiary/aromatic N) is 1. The third-order valence-corrected chi connectivity index (χ3v) is 3.73. The molecule has 0 bridgehead atoms. The number of cyclic esters (lactones) is 1. The van der Waals surface area contributed by atoms with Gasteiger partial charge < -0.3 is 10.1 Å². The number of hydrogen-bond donors (Lipinski definition) is 1. The molecule has 8 heteroatoms. The highest BCUT2D eigenvalue weighted by Crippen LogP contribution is 2.34. The molecular weight excluding hydrogens is 293 g/mol.